The van der Waals surface area contributed by atoms with Crippen LogP contribution in [-0.4, -0.2) is 33.8 Å². The third-order valence-electron chi connectivity index (χ3n) is 2.99. The minimum absolute atomic E-state index is 0.145. The predicted octanol–water partition coefficient (Wildman–Crippen LogP) is 1.07. The Labute approximate surface area is 104 Å². The maximum atomic E-state index is 12.2. The molecule has 1 atom stereocenters. The van der Waals surface area contributed by atoms with Gasteiger partial charge < -0.3 is 5.11 Å². The summed E-state index contributed by atoms with van der Waals surface area (Å²) in [5.74, 6) is -1.77. The molecule has 0 saturated carbocycles. The molecule has 5 nitrogen and oxygen atoms in total. The third-order valence-corrected chi connectivity index (χ3v) is 2.99. The Balaban J connectivity index is 2.32. The molecule has 1 aliphatic rings. The van der Waals surface area contributed by atoms with Crippen LogP contribution in [0.1, 0.15) is 29.3 Å². The van der Waals surface area contributed by atoms with E-state index in [2.05, 4.69) is 0 Å². The second kappa shape index (κ2) is 4.60. The molecule has 0 bridgehead atoms. The molecule has 0 aliphatic carbocycles. The van der Waals surface area contributed by atoms with Crippen molar-refractivity contribution in [3.8, 4) is 0 Å². The molecule has 18 heavy (non-hydrogen) atoms. The quantitative estimate of drug-likeness (QED) is 0.811. The maximum Gasteiger partial charge on any atom is 0.305 e. The van der Waals surface area contributed by atoms with Gasteiger partial charge in [-0.2, -0.15) is 0 Å². The van der Waals surface area contributed by atoms with Gasteiger partial charge in [-0.15, -0.1) is 0 Å². The van der Waals surface area contributed by atoms with Crippen molar-refractivity contribution in [2.75, 3.05) is 0 Å². The lowest BCUT2D eigenvalue weighted by Crippen LogP contribution is -2.48. The summed E-state index contributed by atoms with van der Waals surface area (Å²) in [4.78, 5) is 35.8. The molecule has 0 spiro atoms. The fraction of sp³-hybridized carbons (Fsp3) is 0.308. The van der Waals surface area contributed by atoms with Gasteiger partial charge in [0, 0.05) is 11.6 Å². The summed E-state index contributed by atoms with van der Waals surface area (Å²) in [6, 6.07) is 6.27. The summed E-state index contributed by atoms with van der Waals surface area (Å²) < 4.78 is 0. The molecule has 2 rings (SSSR count). The number of carboxylic acid groups (broad SMARTS) is 1. The Morgan fingerprint density at radius 1 is 1.39 bits per heavy atom. The van der Waals surface area contributed by atoms with Crippen molar-refractivity contribution in [1.82, 2.24) is 4.90 Å². The number of carbonyl (C=O) groups is 3. The Kier molecular flexibility index (Phi) is 3.14. The van der Waals surface area contributed by atoms with Crippen molar-refractivity contribution in [3.05, 3.63) is 35.4 Å². The fourth-order valence-electron chi connectivity index (χ4n) is 2.16. The van der Waals surface area contributed by atoms with E-state index in [0.29, 0.717) is 11.1 Å². The summed E-state index contributed by atoms with van der Waals surface area (Å²) >= 11 is 0. The van der Waals surface area contributed by atoms with Gasteiger partial charge in [-0.1, -0.05) is 18.2 Å². The van der Waals surface area contributed by atoms with E-state index >= 15 is 0 Å². The normalized spacial score (nSPS) is 16.4. The molecule has 1 N–H and O–H groups in total. The van der Waals surface area contributed by atoms with Crippen molar-refractivity contribution in [2.24, 2.45) is 0 Å². The molecule has 94 valence electrons. The van der Waals surface area contributed by atoms with Crippen LogP contribution in [0.4, 0.5) is 0 Å². The molecule has 5 heteroatoms. The summed E-state index contributed by atoms with van der Waals surface area (Å²) in [5, 5.41) is 8.73. The molecule has 1 aromatic rings. The number of fused-ring (bicyclic) bond motifs is 1. The van der Waals surface area contributed by atoms with Gasteiger partial charge in [0.1, 0.15) is 0 Å². The highest BCUT2D eigenvalue weighted by Crippen LogP contribution is 2.22. The number of carboxylic acids is 1. The van der Waals surface area contributed by atoms with Crippen LogP contribution in [0, 0.1) is 0 Å². The number of amides is 2. The monoisotopic (exact) mass is 247 g/mol. The van der Waals surface area contributed by atoms with Gasteiger partial charge in [0.25, 0.3) is 5.91 Å². The average molecular weight is 247 g/mol. The standard InChI is InChI=1S/C13H13NO4/c1-8(6-12(16)17)14-11(15)7-9-4-2-3-5-10(9)13(14)18/h2-5,8H,6-7H2,1H3,(H,16,17). The average Bonchev–Trinajstić information content (AvgIpc) is 2.27. The molecule has 0 radical (unpaired) electrons. The van der Waals surface area contributed by atoms with Gasteiger partial charge in [0.05, 0.1) is 12.8 Å². The number of imide groups is 1. The van der Waals surface area contributed by atoms with Crippen LogP contribution in [0.25, 0.3) is 0 Å². The van der Waals surface area contributed by atoms with E-state index in [-0.39, 0.29) is 18.7 Å². The topological polar surface area (TPSA) is 74.7 Å². The Morgan fingerprint density at radius 3 is 2.72 bits per heavy atom. The highest BCUT2D eigenvalue weighted by Gasteiger charge is 2.34. The molecule has 0 fully saturated rings. The minimum Gasteiger partial charge on any atom is -0.481 e. The van der Waals surface area contributed by atoms with E-state index in [4.69, 9.17) is 5.11 Å². The van der Waals surface area contributed by atoms with Crippen molar-refractivity contribution in [3.63, 3.8) is 0 Å². The van der Waals surface area contributed by atoms with E-state index in [9.17, 15) is 14.4 Å². The first-order valence-electron chi connectivity index (χ1n) is 5.67. The van der Waals surface area contributed by atoms with Gasteiger partial charge in [-0.05, 0) is 18.6 Å². The van der Waals surface area contributed by atoms with E-state index < -0.39 is 17.9 Å². The Morgan fingerprint density at radius 2 is 2.06 bits per heavy atom. The lowest BCUT2D eigenvalue weighted by molar-refractivity contribution is -0.139. The van der Waals surface area contributed by atoms with E-state index in [1.807, 2.05) is 0 Å². The number of hydrogen-bond donors (Lipinski definition) is 1. The zero-order valence-corrected chi connectivity index (χ0v) is 9.92. The number of carbonyl (C=O) groups excluding carboxylic acids is 2. The number of rotatable bonds is 3. The summed E-state index contributed by atoms with van der Waals surface area (Å²) in [6.07, 6.45) is -0.0917. The summed E-state index contributed by atoms with van der Waals surface area (Å²) in [5.41, 5.74) is 1.18. The zero-order valence-electron chi connectivity index (χ0n) is 9.92. The molecule has 1 aromatic carbocycles. The van der Waals surface area contributed by atoms with E-state index in [1.165, 1.54) is 0 Å². The van der Waals surface area contributed by atoms with Crippen LogP contribution >= 0.6 is 0 Å². The Hall–Kier alpha value is -2.17. The smallest absolute Gasteiger partial charge is 0.305 e. The zero-order chi connectivity index (χ0) is 13.3. The molecule has 0 aromatic heterocycles. The molecule has 0 saturated heterocycles. The van der Waals surface area contributed by atoms with Crippen LogP contribution in [0.2, 0.25) is 0 Å². The fourth-order valence-corrected chi connectivity index (χ4v) is 2.16. The van der Waals surface area contributed by atoms with Crippen LogP contribution in [0.3, 0.4) is 0 Å². The third kappa shape index (κ3) is 2.11. The molecule has 2 amide bonds. The lowest BCUT2D eigenvalue weighted by atomic mass is 9.97. The van der Waals surface area contributed by atoms with Gasteiger partial charge in [-0.25, -0.2) is 0 Å². The van der Waals surface area contributed by atoms with E-state index in [0.717, 1.165) is 4.90 Å². The number of benzene rings is 1. The minimum atomic E-state index is -1.03. The highest BCUT2D eigenvalue weighted by atomic mass is 16.4. The largest absolute Gasteiger partial charge is 0.481 e. The first-order valence-corrected chi connectivity index (χ1v) is 5.67. The van der Waals surface area contributed by atoms with Crippen molar-refractivity contribution < 1.29 is 19.5 Å². The van der Waals surface area contributed by atoms with Crippen LogP contribution in [0.5, 0.6) is 0 Å². The molecular formula is C13H13NO4. The first kappa shape index (κ1) is 12.3. The van der Waals surface area contributed by atoms with Crippen molar-refractivity contribution in [1.29, 1.82) is 0 Å². The first-order chi connectivity index (χ1) is 8.50. The van der Waals surface area contributed by atoms with E-state index in [1.54, 1.807) is 31.2 Å². The summed E-state index contributed by atoms with van der Waals surface area (Å²) in [7, 11) is 0. The van der Waals surface area contributed by atoms with Crippen LogP contribution < -0.4 is 0 Å². The van der Waals surface area contributed by atoms with Gasteiger partial charge >= 0.3 is 5.97 Å². The molecule has 1 unspecified atom stereocenters. The van der Waals surface area contributed by atoms with Crippen LogP contribution in [0.15, 0.2) is 24.3 Å². The predicted molar refractivity (Wildman–Crippen MR) is 63.0 cm³/mol. The highest BCUT2D eigenvalue weighted by molar-refractivity contribution is 6.10. The van der Waals surface area contributed by atoms with Crippen LogP contribution in [-0.2, 0) is 16.0 Å². The molecule has 1 heterocycles. The number of aliphatic carboxylic acids is 1. The van der Waals surface area contributed by atoms with Crippen molar-refractivity contribution in [2.45, 2.75) is 25.8 Å². The second-order valence-corrected chi connectivity index (χ2v) is 4.35. The number of nitrogens with zero attached hydrogens (tertiary/aromatic N) is 1. The molecular weight excluding hydrogens is 234 g/mol. The molecule has 1 aliphatic heterocycles. The number of hydrogen-bond acceptors (Lipinski definition) is 3. The maximum absolute atomic E-state index is 12.2. The van der Waals surface area contributed by atoms with Gasteiger partial charge in [-0.3, -0.25) is 19.3 Å². The summed E-state index contributed by atoms with van der Waals surface area (Å²) in [6.45, 7) is 1.57. The SMILES string of the molecule is CC(CC(=O)O)N1C(=O)Cc2ccccc2C1=O. The second-order valence-electron chi connectivity index (χ2n) is 4.35. The van der Waals surface area contributed by atoms with Gasteiger partial charge in [0.2, 0.25) is 5.91 Å². The van der Waals surface area contributed by atoms with Crippen molar-refractivity contribution >= 4 is 17.8 Å². The lowest BCUT2D eigenvalue weighted by Gasteiger charge is -2.31. The van der Waals surface area contributed by atoms with Gasteiger partial charge in [0.15, 0.2) is 0 Å². The Bertz CT molecular complexity index is 523.